The molecule has 31 heavy (non-hydrogen) atoms. The molecule has 0 radical (unpaired) electrons. The Morgan fingerprint density at radius 3 is 2.39 bits per heavy atom. The van der Waals surface area contributed by atoms with Crippen LogP contribution in [-0.4, -0.2) is 18.1 Å². The minimum absolute atomic E-state index is 0.0664. The fraction of sp³-hybridized carbons (Fsp3) is 0.360. The third kappa shape index (κ3) is 5.26. The Kier molecular flexibility index (Phi) is 7.00. The van der Waals surface area contributed by atoms with Crippen LogP contribution >= 0.6 is 0 Å². The third-order valence-corrected chi connectivity index (χ3v) is 5.12. The minimum Gasteiger partial charge on any atom is -0.489 e. The lowest BCUT2D eigenvalue weighted by Gasteiger charge is -2.32. The van der Waals surface area contributed by atoms with Crippen LogP contribution in [0.2, 0.25) is 0 Å². The molecule has 1 aliphatic heterocycles. The quantitative estimate of drug-likeness (QED) is 0.629. The molecule has 6 heteroatoms. The first-order valence-electron chi connectivity index (χ1n) is 10.6. The first-order chi connectivity index (χ1) is 14.8. The molecule has 2 aromatic carbocycles. The molecule has 6 nitrogen and oxygen atoms in total. The Morgan fingerprint density at radius 2 is 1.71 bits per heavy atom. The number of carbonyl (C=O) groups is 2. The van der Waals surface area contributed by atoms with E-state index in [1.807, 2.05) is 69.3 Å². The number of ether oxygens (including phenoxy) is 2. The topological polar surface area (TPSA) is 76.7 Å². The van der Waals surface area contributed by atoms with Gasteiger partial charge in [-0.25, -0.2) is 9.59 Å². The van der Waals surface area contributed by atoms with E-state index in [2.05, 4.69) is 10.6 Å². The summed E-state index contributed by atoms with van der Waals surface area (Å²) in [6.07, 6.45) is -0.278. The molecule has 2 N–H and O–H groups in total. The first kappa shape index (κ1) is 22.4. The number of hydrogen-bond donors (Lipinski definition) is 2. The van der Waals surface area contributed by atoms with Crippen molar-refractivity contribution in [2.24, 2.45) is 5.92 Å². The summed E-state index contributed by atoms with van der Waals surface area (Å²) in [7, 11) is 0. The van der Waals surface area contributed by atoms with Gasteiger partial charge in [-0.05, 0) is 43.9 Å². The van der Waals surface area contributed by atoms with Crippen LogP contribution in [0.5, 0.6) is 5.75 Å². The van der Waals surface area contributed by atoms with Gasteiger partial charge in [-0.3, -0.25) is 0 Å². The van der Waals surface area contributed by atoms with Gasteiger partial charge in [0.05, 0.1) is 17.7 Å². The van der Waals surface area contributed by atoms with Crippen LogP contribution in [0.25, 0.3) is 0 Å². The van der Waals surface area contributed by atoms with Crippen molar-refractivity contribution in [1.29, 1.82) is 0 Å². The molecule has 0 spiro atoms. The van der Waals surface area contributed by atoms with E-state index in [0.717, 1.165) is 11.1 Å². The van der Waals surface area contributed by atoms with Crippen LogP contribution < -0.4 is 15.4 Å². The van der Waals surface area contributed by atoms with E-state index in [4.69, 9.17) is 9.47 Å². The van der Waals surface area contributed by atoms with Crippen LogP contribution in [0.3, 0.4) is 0 Å². The van der Waals surface area contributed by atoms with E-state index < -0.39 is 12.0 Å². The number of nitrogens with one attached hydrogen (secondary N) is 2. The van der Waals surface area contributed by atoms with Crippen LogP contribution in [-0.2, 0) is 16.1 Å². The number of carbonyl (C=O) groups excluding carboxylic acids is 2. The molecule has 0 aromatic heterocycles. The number of esters is 1. The fourth-order valence-electron chi connectivity index (χ4n) is 3.56. The second-order valence-electron chi connectivity index (χ2n) is 8.22. The van der Waals surface area contributed by atoms with Crippen molar-refractivity contribution >= 4 is 12.0 Å². The van der Waals surface area contributed by atoms with Crippen molar-refractivity contribution in [1.82, 2.24) is 10.6 Å². The van der Waals surface area contributed by atoms with Gasteiger partial charge in [0.2, 0.25) is 0 Å². The first-order valence-corrected chi connectivity index (χ1v) is 10.6. The van der Waals surface area contributed by atoms with Crippen LogP contribution in [0.1, 0.15) is 50.4 Å². The van der Waals surface area contributed by atoms with Gasteiger partial charge in [-0.15, -0.1) is 0 Å². The molecular weight excluding hydrogens is 392 g/mol. The fourth-order valence-corrected chi connectivity index (χ4v) is 3.56. The number of benzene rings is 2. The van der Waals surface area contributed by atoms with Crippen molar-refractivity contribution in [2.75, 3.05) is 0 Å². The van der Waals surface area contributed by atoms with Gasteiger partial charge in [0, 0.05) is 11.3 Å². The Morgan fingerprint density at radius 1 is 1.03 bits per heavy atom. The molecular formula is C25H30N2O4. The number of amides is 2. The molecule has 0 aliphatic carbocycles. The zero-order chi connectivity index (χ0) is 22.5. The summed E-state index contributed by atoms with van der Waals surface area (Å²) in [6, 6.07) is 14.4. The summed E-state index contributed by atoms with van der Waals surface area (Å²) < 4.78 is 11.7. The van der Waals surface area contributed by atoms with E-state index >= 15 is 0 Å². The summed E-state index contributed by atoms with van der Waals surface area (Å²) in [5, 5.41) is 5.68. The molecule has 2 aromatic rings. The van der Waals surface area contributed by atoms with Gasteiger partial charge < -0.3 is 20.1 Å². The monoisotopic (exact) mass is 422 g/mol. The molecule has 1 heterocycles. The van der Waals surface area contributed by atoms with Crippen molar-refractivity contribution < 1.29 is 19.1 Å². The molecule has 0 fully saturated rings. The molecule has 164 valence electrons. The predicted molar refractivity (Wildman–Crippen MR) is 119 cm³/mol. The van der Waals surface area contributed by atoms with E-state index in [1.54, 1.807) is 13.8 Å². The normalized spacial score (nSPS) is 16.2. The average molecular weight is 423 g/mol. The highest BCUT2D eigenvalue weighted by atomic mass is 16.5. The van der Waals surface area contributed by atoms with Crippen molar-refractivity contribution in [3.05, 3.63) is 76.5 Å². The smallest absolute Gasteiger partial charge is 0.338 e. The lowest BCUT2D eigenvalue weighted by Crippen LogP contribution is -2.47. The molecule has 2 amide bonds. The highest BCUT2D eigenvalue weighted by molar-refractivity contribution is 5.95. The zero-order valence-electron chi connectivity index (χ0n) is 18.7. The number of para-hydroxylation sites is 1. The number of aryl methyl sites for hydroxylation is 1. The minimum atomic E-state index is -0.675. The van der Waals surface area contributed by atoms with Gasteiger partial charge in [-0.2, -0.15) is 0 Å². The van der Waals surface area contributed by atoms with Crippen LogP contribution in [0, 0.1) is 12.8 Å². The Hall–Kier alpha value is -3.28. The van der Waals surface area contributed by atoms with Gasteiger partial charge >= 0.3 is 12.0 Å². The number of rotatable bonds is 7. The van der Waals surface area contributed by atoms with Crippen molar-refractivity contribution in [3.8, 4) is 5.75 Å². The number of urea groups is 1. The molecule has 0 saturated carbocycles. The van der Waals surface area contributed by atoms with E-state index in [0.29, 0.717) is 29.2 Å². The van der Waals surface area contributed by atoms with Gasteiger partial charge in [0.25, 0.3) is 0 Å². The lowest BCUT2D eigenvalue weighted by molar-refractivity contribution is -0.143. The highest BCUT2D eigenvalue weighted by Gasteiger charge is 2.36. The van der Waals surface area contributed by atoms with Gasteiger partial charge in [0.1, 0.15) is 12.4 Å². The number of hydrogen-bond acceptors (Lipinski definition) is 4. The maximum Gasteiger partial charge on any atom is 0.338 e. The molecule has 0 bridgehead atoms. The molecule has 1 aliphatic rings. The van der Waals surface area contributed by atoms with E-state index in [1.165, 1.54) is 0 Å². The maximum atomic E-state index is 13.0. The predicted octanol–water partition coefficient (Wildman–Crippen LogP) is 4.79. The summed E-state index contributed by atoms with van der Waals surface area (Å²) in [5.41, 5.74) is 3.88. The Bertz CT molecular complexity index is 995. The van der Waals surface area contributed by atoms with Crippen molar-refractivity contribution in [2.45, 2.75) is 53.4 Å². The summed E-state index contributed by atoms with van der Waals surface area (Å²) in [6.45, 7) is 9.89. The van der Waals surface area contributed by atoms with E-state index in [9.17, 15) is 9.59 Å². The highest BCUT2D eigenvalue weighted by Crippen LogP contribution is 2.35. The lowest BCUT2D eigenvalue weighted by atomic mass is 9.91. The SMILES string of the molecule is Cc1ccccc1COc1ccccc1C1NC(=O)NC(C(C)C)=C1C(=O)OC(C)C. The molecule has 1 unspecified atom stereocenters. The summed E-state index contributed by atoms with van der Waals surface area (Å²) in [4.78, 5) is 25.5. The number of allylic oxidation sites excluding steroid dienone is 1. The van der Waals surface area contributed by atoms with Crippen LogP contribution in [0.4, 0.5) is 4.79 Å². The molecule has 3 rings (SSSR count). The largest absolute Gasteiger partial charge is 0.489 e. The molecule has 0 saturated heterocycles. The Balaban J connectivity index is 2.01. The van der Waals surface area contributed by atoms with Crippen molar-refractivity contribution in [3.63, 3.8) is 0 Å². The summed E-state index contributed by atoms with van der Waals surface area (Å²) in [5.74, 6) is 0.0872. The third-order valence-electron chi connectivity index (χ3n) is 5.12. The second-order valence-corrected chi connectivity index (χ2v) is 8.22. The zero-order valence-corrected chi connectivity index (χ0v) is 18.7. The van der Waals surface area contributed by atoms with Crippen LogP contribution in [0.15, 0.2) is 59.8 Å². The average Bonchev–Trinajstić information content (AvgIpc) is 2.72. The molecule has 1 atom stereocenters. The maximum absolute atomic E-state index is 13.0. The van der Waals surface area contributed by atoms with Gasteiger partial charge in [-0.1, -0.05) is 56.3 Å². The summed E-state index contributed by atoms with van der Waals surface area (Å²) >= 11 is 0. The Labute approximate surface area is 183 Å². The van der Waals surface area contributed by atoms with E-state index in [-0.39, 0.29) is 18.1 Å². The van der Waals surface area contributed by atoms with Gasteiger partial charge in [0.15, 0.2) is 0 Å². The standard InChI is InChI=1S/C25H30N2O4/c1-15(2)22-21(24(28)31-16(3)4)23(27-25(29)26-22)19-12-8-9-13-20(19)30-14-18-11-7-6-10-17(18)5/h6-13,15-16,23H,14H2,1-5H3,(H2,26,27,29). The second kappa shape index (κ2) is 9.69.